The van der Waals surface area contributed by atoms with E-state index in [1.54, 1.807) is 6.20 Å². The molecule has 1 heterocycles. The average molecular weight is 303 g/mol. The van der Waals surface area contributed by atoms with Gasteiger partial charge in [-0.15, -0.1) is 0 Å². The van der Waals surface area contributed by atoms with Crippen LogP contribution in [0.25, 0.3) is 0 Å². The molecule has 96 valence electrons. The molecule has 0 saturated heterocycles. The van der Waals surface area contributed by atoms with Gasteiger partial charge in [0, 0.05) is 12.7 Å². The molecule has 6 heteroatoms. The fraction of sp³-hybridized carbons (Fsp3) is 0.636. The second-order valence-electron chi connectivity index (χ2n) is 4.12. The molecule has 0 radical (unpaired) electrons. The van der Waals surface area contributed by atoms with Crippen LogP contribution in [-0.4, -0.2) is 33.8 Å². The first-order chi connectivity index (χ1) is 8.04. The molecule has 1 atom stereocenters. The lowest BCUT2D eigenvalue weighted by Gasteiger charge is -2.28. The number of nitrogens with one attached hydrogen (secondary N) is 2. The first kappa shape index (κ1) is 14.2. The van der Waals surface area contributed by atoms with Gasteiger partial charge in [-0.1, -0.05) is 6.92 Å². The van der Waals surface area contributed by atoms with Crippen molar-refractivity contribution in [3.05, 3.63) is 10.7 Å². The highest BCUT2D eigenvalue weighted by atomic mass is 79.9. The molecule has 5 nitrogen and oxygen atoms in total. The number of rotatable bonds is 6. The van der Waals surface area contributed by atoms with Crippen LogP contribution in [0.4, 0.5) is 11.8 Å². The molecule has 0 fully saturated rings. The van der Waals surface area contributed by atoms with Crippen LogP contribution in [0, 0.1) is 0 Å². The van der Waals surface area contributed by atoms with Gasteiger partial charge in [0.2, 0.25) is 5.95 Å². The molecule has 0 aliphatic heterocycles. The van der Waals surface area contributed by atoms with Crippen LogP contribution in [0.5, 0.6) is 0 Å². The summed E-state index contributed by atoms with van der Waals surface area (Å²) in [6, 6.07) is 0. The first-order valence-electron chi connectivity index (χ1n) is 5.70. The minimum atomic E-state index is -0.375. The number of aromatic nitrogens is 2. The molecule has 3 N–H and O–H groups in total. The molecule has 0 saturated carbocycles. The van der Waals surface area contributed by atoms with E-state index in [1.807, 2.05) is 20.8 Å². The SMILES string of the molecule is CCNc1ncc(Br)c(NC(C)(CC)CO)n1. The summed E-state index contributed by atoms with van der Waals surface area (Å²) in [6.45, 7) is 6.78. The largest absolute Gasteiger partial charge is 0.394 e. The molecule has 1 aromatic heterocycles. The summed E-state index contributed by atoms with van der Waals surface area (Å²) in [5.74, 6) is 1.27. The van der Waals surface area contributed by atoms with Gasteiger partial charge in [0.25, 0.3) is 0 Å². The predicted molar refractivity (Wildman–Crippen MR) is 73.3 cm³/mol. The molecule has 0 aromatic carbocycles. The standard InChI is InChI=1S/C11H19BrN4O/c1-4-11(3,7-17)16-9-8(12)6-14-10(15-9)13-5-2/h6,17H,4-5,7H2,1-3H3,(H2,13,14,15,16). The number of nitrogens with zero attached hydrogens (tertiary/aromatic N) is 2. The van der Waals surface area contributed by atoms with Gasteiger partial charge in [-0.25, -0.2) is 4.98 Å². The lowest BCUT2D eigenvalue weighted by atomic mass is 10.0. The number of hydrogen-bond donors (Lipinski definition) is 3. The molecule has 17 heavy (non-hydrogen) atoms. The molecule has 0 aliphatic carbocycles. The number of aliphatic hydroxyl groups excluding tert-OH is 1. The van der Waals surface area contributed by atoms with Gasteiger partial charge in [0.05, 0.1) is 16.6 Å². The van der Waals surface area contributed by atoms with Gasteiger partial charge in [-0.3, -0.25) is 0 Å². The van der Waals surface area contributed by atoms with E-state index < -0.39 is 0 Å². The van der Waals surface area contributed by atoms with E-state index in [0.717, 1.165) is 17.4 Å². The first-order valence-corrected chi connectivity index (χ1v) is 6.49. The van der Waals surface area contributed by atoms with Gasteiger partial charge in [0.1, 0.15) is 5.82 Å². The Morgan fingerprint density at radius 2 is 2.18 bits per heavy atom. The van der Waals surface area contributed by atoms with Crippen molar-refractivity contribution < 1.29 is 5.11 Å². The highest BCUT2D eigenvalue weighted by Gasteiger charge is 2.22. The van der Waals surface area contributed by atoms with Gasteiger partial charge in [-0.05, 0) is 36.2 Å². The fourth-order valence-electron chi connectivity index (χ4n) is 1.22. The Morgan fingerprint density at radius 1 is 1.47 bits per heavy atom. The molecule has 1 aromatic rings. The van der Waals surface area contributed by atoms with Crippen molar-refractivity contribution in [3.8, 4) is 0 Å². The van der Waals surface area contributed by atoms with E-state index in [0.29, 0.717) is 11.8 Å². The molecule has 0 amide bonds. The smallest absolute Gasteiger partial charge is 0.224 e. The minimum absolute atomic E-state index is 0.0521. The summed E-state index contributed by atoms with van der Waals surface area (Å²) < 4.78 is 0.785. The Kier molecular flexibility index (Phi) is 5.14. The van der Waals surface area contributed by atoms with Crippen molar-refractivity contribution in [2.75, 3.05) is 23.8 Å². The van der Waals surface area contributed by atoms with E-state index >= 15 is 0 Å². The van der Waals surface area contributed by atoms with E-state index in [4.69, 9.17) is 0 Å². The molecular formula is C11H19BrN4O. The normalized spacial score (nSPS) is 14.2. The van der Waals surface area contributed by atoms with Gasteiger partial charge in [0.15, 0.2) is 0 Å². The Balaban J connectivity index is 2.92. The maximum Gasteiger partial charge on any atom is 0.224 e. The van der Waals surface area contributed by atoms with Crippen molar-refractivity contribution in [1.29, 1.82) is 0 Å². The van der Waals surface area contributed by atoms with Crippen LogP contribution in [0.15, 0.2) is 10.7 Å². The summed E-state index contributed by atoms with van der Waals surface area (Å²) >= 11 is 3.40. The topological polar surface area (TPSA) is 70.1 Å². The quantitative estimate of drug-likeness (QED) is 0.752. The lowest BCUT2D eigenvalue weighted by molar-refractivity contribution is 0.218. The summed E-state index contributed by atoms with van der Waals surface area (Å²) in [4.78, 5) is 8.49. The van der Waals surface area contributed by atoms with Gasteiger partial charge >= 0.3 is 0 Å². The van der Waals surface area contributed by atoms with Crippen LogP contribution in [0.2, 0.25) is 0 Å². The van der Waals surface area contributed by atoms with Gasteiger partial charge < -0.3 is 15.7 Å². The second kappa shape index (κ2) is 6.16. The fourth-order valence-corrected chi connectivity index (χ4v) is 1.51. The Morgan fingerprint density at radius 3 is 2.71 bits per heavy atom. The van der Waals surface area contributed by atoms with E-state index in [1.165, 1.54) is 0 Å². The van der Waals surface area contributed by atoms with Crippen LogP contribution in [0.1, 0.15) is 27.2 Å². The molecule has 0 aliphatic rings. The number of anilines is 2. The van der Waals surface area contributed by atoms with E-state index in [-0.39, 0.29) is 12.1 Å². The van der Waals surface area contributed by atoms with Crippen molar-refractivity contribution in [3.63, 3.8) is 0 Å². The highest BCUT2D eigenvalue weighted by molar-refractivity contribution is 9.10. The minimum Gasteiger partial charge on any atom is -0.394 e. The average Bonchev–Trinajstić information content (AvgIpc) is 2.33. The van der Waals surface area contributed by atoms with Crippen molar-refractivity contribution in [2.24, 2.45) is 0 Å². The van der Waals surface area contributed by atoms with E-state index in [2.05, 4.69) is 36.5 Å². The van der Waals surface area contributed by atoms with Crippen molar-refractivity contribution in [2.45, 2.75) is 32.7 Å². The monoisotopic (exact) mass is 302 g/mol. The highest BCUT2D eigenvalue weighted by Crippen LogP contribution is 2.24. The van der Waals surface area contributed by atoms with Crippen LogP contribution < -0.4 is 10.6 Å². The van der Waals surface area contributed by atoms with E-state index in [9.17, 15) is 5.11 Å². The van der Waals surface area contributed by atoms with Crippen LogP contribution in [-0.2, 0) is 0 Å². The molecular weight excluding hydrogens is 284 g/mol. The maximum atomic E-state index is 9.37. The second-order valence-corrected chi connectivity index (χ2v) is 4.97. The van der Waals surface area contributed by atoms with Gasteiger partial charge in [-0.2, -0.15) is 4.98 Å². The summed E-state index contributed by atoms with van der Waals surface area (Å²) in [7, 11) is 0. The molecule has 0 bridgehead atoms. The zero-order chi connectivity index (χ0) is 12.9. The summed E-state index contributed by atoms with van der Waals surface area (Å²) in [5.41, 5.74) is -0.375. The zero-order valence-corrected chi connectivity index (χ0v) is 12.0. The Labute approximate surface area is 110 Å². The zero-order valence-electron chi connectivity index (χ0n) is 10.4. The molecule has 0 spiro atoms. The maximum absolute atomic E-state index is 9.37. The summed E-state index contributed by atoms with van der Waals surface area (Å²) in [6.07, 6.45) is 2.50. The summed E-state index contributed by atoms with van der Waals surface area (Å²) in [5, 5.41) is 15.7. The predicted octanol–water partition coefficient (Wildman–Crippen LogP) is 2.24. The number of halogens is 1. The van der Waals surface area contributed by atoms with Crippen molar-refractivity contribution >= 4 is 27.7 Å². The number of aliphatic hydroxyl groups is 1. The number of hydrogen-bond acceptors (Lipinski definition) is 5. The third-order valence-corrected chi connectivity index (χ3v) is 3.21. The Bertz CT molecular complexity index is 368. The van der Waals surface area contributed by atoms with Crippen LogP contribution >= 0.6 is 15.9 Å². The third-order valence-electron chi connectivity index (χ3n) is 2.63. The van der Waals surface area contributed by atoms with Crippen molar-refractivity contribution in [1.82, 2.24) is 9.97 Å². The lowest BCUT2D eigenvalue weighted by Crippen LogP contribution is -2.38. The molecule has 1 rings (SSSR count). The third kappa shape index (κ3) is 3.81. The Hall–Kier alpha value is -0.880. The molecule has 1 unspecified atom stereocenters. The van der Waals surface area contributed by atoms with Crippen LogP contribution in [0.3, 0.4) is 0 Å².